The lowest BCUT2D eigenvalue weighted by Gasteiger charge is -2.24. The van der Waals surface area contributed by atoms with Crippen LogP contribution in [0.4, 0.5) is 0 Å². The van der Waals surface area contributed by atoms with E-state index >= 15 is 0 Å². The minimum atomic E-state index is -0.587. The van der Waals surface area contributed by atoms with Crippen LogP contribution in [0.5, 0.6) is 0 Å². The van der Waals surface area contributed by atoms with Gasteiger partial charge in [-0.2, -0.15) is 0 Å². The number of Topliss-reactive ketones (excluding diaryl/α,β-unsaturated/α-hetero) is 2. The zero-order valence-corrected chi connectivity index (χ0v) is 13.6. The Morgan fingerprint density at radius 3 is 2.70 bits per heavy atom. The molecule has 1 heterocycles. The molecule has 1 aliphatic rings. The molecule has 6 nitrogen and oxygen atoms in total. The van der Waals surface area contributed by atoms with Gasteiger partial charge in [0.2, 0.25) is 0 Å². The molecule has 1 atom stereocenters. The van der Waals surface area contributed by atoms with E-state index in [1.807, 2.05) is 0 Å². The van der Waals surface area contributed by atoms with Gasteiger partial charge in [0.1, 0.15) is 11.6 Å². The van der Waals surface area contributed by atoms with Gasteiger partial charge in [0.05, 0.1) is 23.4 Å². The van der Waals surface area contributed by atoms with Crippen LogP contribution in [-0.2, 0) is 16.1 Å². The standard InChI is InChI=1S/C16H17N3O3.ClH/c1-9-18-13-6-10(8-17)2-4-12(13)16(22)19(9)14-5-3-11(20)7-15(14)21;/h2,4,6,14H,3,5,7-8,17H2,1H3;1H. The first-order valence-corrected chi connectivity index (χ1v) is 7.27. The van der Waals surface area contributed by atoms with Crippen molar-refractivity contribution in [1.29, 1.82) is 0 Å². The van der Waals surface area contributed by atoms with Crippen molar-refractivity contribution in [2.75, 3.05) is 0 Å². The number of nitrogens with zero attached hydrogens (tertiary/aromatic N) is 2. The molecule has 3 rings (SSSR count). The maximum atomic E-state index is 12.7. The van der Waals surface area contributed by atoms with E-state index in [1.54, 1.807) is 25.1 Å². The molecule has 0 spiro atoms. The number of fused-ring (bicyclic) bond motifs is 1. The fraction of sp³-hybridized carbons (Fsp3) is 0.375. The molecule has 7 heteroatoms. The number of aromatic nitrogens is 2. The van der Waals surface area contributed by atoms with Crippen molar-refractivity contribution in [3.8, 4) is 0 Å². The summed E-state index contributed by atoms with van der Waals surface area (Å²) in [6.07, 6.45) is 0.597. The first kappa shape index (κ1) is 17.3. The molecule has 1 saturated carbocycles. The van der Waals surface area contributed by atoms with Crippen molar-refractivity contribution in [2.24, 2.45) is 5.73 Å². The van der Waals surface area contributed by atoms with Gasteiger partial charge in [-0.3, -0.25) is 19.0 Å². The number of benzene rings is 1. The monoisotopic (exact) mass is 335 g/mol. The number of carbonyl (C=O) groups excluding carboxylic acids is 2. The Labute approximate surface area is 139 Å². The molecule has 1 aromatic carbocycles. The quantitative estimate of drug-likeness (QED) is 0.838. The smallest absolute Gasteiger partial charge is 0.262 e. The first-order valence-electron chi connectivity index (χ1n) is 7.27. The van der Waals surface area contributed by atoms with E-state index in [0.717, 1.165) is 5.56 Å². The SMILES string of the molecule is Cc1nc2cc(CN)ccc2c(=O)n1C1CCC(=O)CC1=O.Cl. The van der Waals surface area contributed by atoms with Crippen molar-refractivity contribution >= 4 is 34.9 Å². The highest BCUT2D eigenvalue weighted by Crippen LogP contribution is 2.24. The summed E-state index contributed by atoms with van der Waals surface area (Å²) in [5, 5.41) is 0.465. The Morgan fingerprint density at radius 1 is 1.30 bits per heavy atom. The van der Waals surface area contributed by atoms with Crippen LogP contribution in [0.1, 0.15) is 36.7 Å². The molecule has 2 N–H and O–H groups in total. The number of ketones is 2. The van der Waals surface area contributed by atoms with Gasteiger partial charge >= 0.3 is 0 Å². The highest BCUT2D eigenvalue weighted by atomic mass is 35.5. The van der Waals surface area contributed by atoms with E-state index in [2.05, 4.69) is 4.98 Å². The number of aryl methyl sites for hydroxylation is 1. The van der Waals surface area contributed by atoms with Crippen LogP contribution in [-0.4, -0.2) is 21.1 Å². The predicted molar refractivity (Wildman–Crippen MR) is 88.8 cm³/mol. The summed E-state index contributed by atoms with van der Waals surface area (Å²) >= 11 is 0. The first-order chi connectivity index (χ1) is 10.5. The Bertz CT molecular complexity index is 844. The number of halogens is 1. The molecule has 0 saturated heterocycles. The van der Waals surface area contributed by atoms with Gasteiger partial charge in [0, 0.05) is 13.0 Å². The molecule has 2 aromatic rings. The second kappa shape index (κ2) is 6.60. The van der Waals surface area contributed by atoms with Gasteiger partial charge in [-0.15, -0.1) is 12.4 Å². The largest absolute Gasteiger partial charge is 0.326 e. The van der Waals surface area contributed by atoms with Crippen LogP contribution in [0.15, 0.2) is 23.0 Å². The van der Waals surface area contributed by atoms with E-state index in [4.69, 9.17) is 5.73 Å². The third-order valence-electron chi connectivity index (χ3n) is 4.13. The van der Waals surface area contributed by atoms with Crippen molar-refractivity contribution in [3.05, 3.63) is 39.9 Å². The van der Waals surface area contributed by atoms with E-state index in [9.17, 15) is 14.4 Å². The molecule has 0 bridgehead atoms. The minimum Gasteiger partial charge on any atom is -0.326 e. The summed E-state index contributed by atoms with van der Waals surface area (Å²) in [4.78, 5) is 40.7. The average Bonchev–Trinajstić information content (AvgIpc) is 2.48. The third-order valence-corrected chi connectivity index (χ3v) is 4.13. The molecular weight excluding hydrogens is 318 g/mol. The summed E-state index contributed by atoms with van der Waals surface area (Å²) in [5.41, 5.74) is 6.85. The number of carbonyl (C=O) groups is 2. The van der Waals surface area contributed by atoms with Gasteiger partial charge in [0.15, 0.2) is 5.78 Å². The number of rotatable bonds is 2. The molecule has 0 aliphatic heterocycles. The van der Waals surface area contributed by atoms with Crippen LogP contribution in [0.2, 0.25) is 0 Å². The number of nitrogens with two attached hydrogens (primary N) is 1. The van der Waals surface area contributed by atoms with Crippen LogP contribution in [0.3, 0.4) is 0 Å². The molecule has 0 amide bonds. The number of hydrogen-bond donors (Lipinski definition) is 1. The van der Waals surface area contributed by atoms with E-state index < -0.39 is 6.04 Å². The summed E-state index contributed by atoms with van der Waals surface area (Å²) in [7, 11) is 0. The second-order valence-corrected chi connectivity index (χ2v) is 5.63. The fourth-order valence-corrected chi connectivity index (χ4v) is 2.98. The zero-order chi connectivity index (χ0) is 15.9. The summed E-state index contributed by atoms with van der Waals surface area (Å²) < 4.78 is 1.43. The number of hydrogen-bond acceptors (Lipinski definition) is 5. The Hall–Kier alpha value is -2.05. The topological polar surface area (TPSA) is 95.0 Å². The predicted octanol–water partition coefficient (Wildman–Crippen LogP) is 1.45. The molecule has 0 radical (unpaired) electrons. The minimum absolute atomic E-state index is 0. The lowest BCUT2D eigenvalue weighted by molar-refractivity contribution is -0.132. The Kier molecular flexibility index (Phi) is 4.97. The molecule has 122 valence electrons. The van der Waals surface area contributed by atoms with E-state index in [0.29, 0.717) is 36.1 Å². The molecule has 1 aliphatic carbocycles. The fourth-order valence-electron chi connectivity index (χ4n) is 2.98. The maximum Gasteiger partial charge on any atom is 0.262 e. The normalized spacial score (nSPS) is 18.1. The average molecular weight is 336 g/mol. The van der Waals surface area contributed by atoms with Crippen LogP contribution in [0.25, 0.3) is 10.9 Å². The van der Waals surface area contributed by atoms with Gasteiger partial charge in [-0.05, 0) is 31.0 Å². The highest BCUT2D eigenvalue weighted by Gasteiger charge is 2.30. The Balaban J connectivity index is 0.00000192. The second-order valence-electron chi connectivity index (χ2n) is 5.63. The summed E-state index contributed by atoms with van der Waals surface area (Å²) in [6.45, 7) is 2.09. The molecule has 1 aromatic heterocycles. The lowest BCUT2D eigenvalue weighted by atomic mass is 9.92. The van der Waals surface area contributed by atoms with E-state index in [1.165, 1.54) is 4.57 Å². The molecule has 1 unspecified atom stereocenters. The van der Waals surface area contributed by atoms with Crippen LogP contribution in [0, 0.1) is 6.92 Å². The highest BCUT2D eigenvalue weighted by molar-refractivity contribution is 6.03. The van der Waals surface area contributed by atoms with E-state index in [-0.39, 0.29) is 36.0 Å². The van der Waals surface area contributed by atoms with Crippen molar-refractivity contribution < 1.29 is 9.59 Å². The van der Waals surface area contributed by atoms with Gasteiger partial charge < -0.3 is 5.73 Å². The van der Waals surface area contributed by atoms with Crippen LogP contribution < -0.4 is 11.3 Å². The Morgan fingerprint density at radius 2 is 2.04 bits per heavy atom. The van der Waals surface area contributed by atoms with Gasteiger partial charge in [-0.1, -0.05) is 6.07 Å². The zero-order valence-electron chi connectivity index (χ0n) is 12.7. The van der Waals surface area contributed by atoms with Crippen LogP contribution >= 0.6 is 12.4 Å². The van der Waals surface area contributed by atoms with Crippen molar-refractivity contribution in [1.82, 2.24) is 9.55 Å². The molecule has 1 fully saturated rings. The molecular formula is C16H18ClN3O3. The van der Waals surface area contributed by atoms with Gasteiger partial charge in [-0.25, -0.2) is 4.98 Å². The summed E-state index contributed by atoms with van der Waals surface area (Å²) in [6, 6.07) is 4.69. The molecule has 23 heavy (non-hydrogen) atoms. The third kappa shape index (κ3) is 3.04. The summed E-state index contributed by atoms with van der Waals surface area (Å²) in [5.74, 6) is 0.217. The van der Waals surface area contributed by atoms with Gasteiger partial charge in [0.25, 0.3) is 5.56 Å². The van der Waals surface area contributed by atoms with Crippen molar-refractivity contribution in [2.45, 2.75) is 38.8 Å². The maximum absolute atomic E-state index is 12.7. The van der Waals surface area contributed by atoms with Crippen molar-refractivity contribution in [3.63, 3.8) is 0 Å². The lowest BCUT2D eigenvalue weighted by Crippen LogP contribution is -2.36.